The molecule has 1 aromatic rings. The molecule has 1 aromatic carbocycles. The molecule has 1 saturated heterocycles. The lowest BCUT2D eigenvalue weighted by Crippen LogP contribution is -2.67. The van der Waals surface area contributed by atoms with Gasteiger partial charge in [-0.05, 0) is 106 Å². The molecule has 2 atom stereocenters. The van der Waals surface area contributed by atoms with Gasteiger partial charge in [-0.25, -0.2) is 0 Å². The van der Waals surface area contributed by atoms with Crippen molar-refractivity contribution >= 4 is 35.4 Å². The van der Waals surface area contributed by atoms with Crippen molar-refractivity contribution in [2.75, 3.05) is 19.6 Å². The van der Waals surface area contributed by atoms with Crippen LogP contribution in [0.4, 0.5) is 0 Å². The summed E-state index contributed by atoms with van der Waals surface area (Å²) in [5.74, 6) is -4.08. The number of imide groups is 1. The van der Waals surface area contributed by atoms with Crippen LogP contribution in [0.5, 0.6) is 0 Å². The van der Waals surface area contributed by atoms with E-state index < -0.39 is 62.5 Å². The highest BCUT2D eigenvalue weighted by molar-refractivity contribution is 6.02. The average Bonchev–Trinajstić information content (AvgIpc) is 2.98. The number of carbonyl (C=O) groups is 6. The summed E-state index contributed by atoms with van der Waals surface area (Å²) >= 11 is 0. The molecule has 0 aromatic heterocycles. The zero-order valence-electron chi connectivity index (χ0n) is 34.8. The van der Waals surface area contributed by atoms with Gasteiger partial charge in [-0.2, -0.15) is 0 Å². The molecular formula is C40H67N7O6. The van der Waals surface area contributed by atoms with Crippen LogP contribution in [-0.2, 0) is 29.4 Å². The molecule has 0 bridgehead atoms. The molecule has 2 unspecified atom stereocenters. The van der Waals surface area contributed by atoms with Gasteiger partial charge in [0.1, 0.15) is 0 Å². The van der Waals surface area contributed by atoms with E-state index in [2.05, 4.69) is 42.0 Å². The molecule has 298 valence electrons. The summed E-state index contributed by atoms with van der Waals surface area (Å²) in [5.41, 5.74) is 6.94. The predicted octanol–water partition coefficient (Wildman–Crippen LogP) is 3.14. The lowest BCUT2D eigenvalue weighted by molar-refractivity contribution is -0.160. The molecule has 6 amide bonds. The highest BCUT2D eigenvalue weighted by atomic mass is 16.2. The number of likely N-dealkylation sites (tertiary alicyclic amines) is 1. The highest BCUT2D eigenvalue weighted by Gasteiger charge is 2.52. The summed E-state index contributed by atoms with van der Waals surface area (Å²) in [6.45, 7) is 26.9. The largest absolute Gasteiger partial charge is 0.350 e. The van der Waals surface area contributed by atoms with Crippen LogP contribution in [0.25, 0.3) is 0 Å². The first-order valence-electron chi connectivity index (χ1n) is 18.5. The van der Waals surface area contributed by atoms with E-state index in [9.17, 15) is 28.8 Å². The van der Waals surface area contributed by atoms with Gasteiger partial charge in [-0.1, -0.05) is 32.9 Å². The number of carbonyl (C=O) groups excluding carboxylic acids is 6. The van der Waals surface area contributed by atoms with E-state index in [0.717, 1.165) is 5.56 Å². The minimum atomic E-state index is -1.23. The van der Waals surface area contributed by atoms with E-state index in [1.807, 2.05) is 12.1 Å². The fraction of sp³-hybridized carbons (Fsp3) is 0.700. The van der Waals surface area contributed by atoms with E-state index in [0.29, 0.717) is 18.5 Å². The van der Waals surface area contributed by atoms with E-state index in [4.69, 9.17) is 11.5 Å². The van der Waals surface area contributed by atoms with Crippen LogP contribution in [0.2, 0.25) is 0 Å². The van der Waals surface area contributed by atoms with Crippen molar-refractivity contribution in [3.8, 4) is 0 Å². The summed E-state index contributed by atoms with van der Waals surface area (Å²) < 4.78 is 0. The lowest BCUT2D eigenvalue weighted by Gasteiger charge is -2.47. The van der Waals surface area contributed by atoms with Crippen molar-refractivity contribution in [1.29, 1.82) is 0 Å². The summed E-state index contributed by atoms with van der Waals surface area (Å²) in [7, 11) is 0. The van der Waals surface area contributed by atoms with Gasteiger partial charge in [-0.15, -0.1) is 0 Å². The number of nitrogens with zero attached hydrogens (tertiary/aromatic N) is 1. The van der Waals surface area contributed by atoms with Gasteiger partial charge in [0, 0.05) is 53.8 Å². The SMILES string of the molecule is CC(C)(C)c1ccc(C(=O)NC(C)(C)C(CN)C(=O)NC(C)(C)C(C)(C)C(=O)NC(C)(C)C(CN)C(=O)NC(C)(C)C(C)(C)C(=O)N2CCC2=O)cc1. The molecule has 1 aliphatic rings. The quantitative estimate of drug-likeness (QED) is 0.147. The molecule has 2 rings (SSSR count). The van der Waals surface area contributed by atoms with Crippen molar-refractivity contribution in [3.05, 3.63) is 35.4 Å². The van der Waals surface area contributed by atoms with Crippen molar-refractivity contribution in [3.63, 3.8) is 0 Å². The maximum absolute atomic E-state index is 14.1. The Hall–Kier alpha value is -3.84. The van der Waals surface area contributed by atoms with Crippen molar-refractivity contribution < 1.29 is 28.8 Å². The first-order chi connectivity index (χ1) is 23.8. The number of nitrogens with one attached hydrogen (secondary N) is 4. The second-order valence-corrected chi connectivity index (χ2v) is 18.8. The molecule has 13 nitrogen and oxygen atoms in total. The number of hydrogen-bond donors (Lipinski definition) is 6. The van der Waals surface area contributed by atoms with Crippen LogP contribution < -0.4 is 32.7 Å². The zero-order valence-corrected chi connectivity index (χ0v) is 34.8. The van der Waals surface area contributed by atoms with Gasteiger partial charge >= 0.3 is 0 Å². The fourth-order valence-electron chi connectivity index (χ4n) is 6.09. The number of amides is 6. The molecule has 1 heterocycles. The predicted molar refractivity (Wildman–Crippen MR) is 207 cm³/mol. The van der Waals surface area contributed by atoms with E-state index in [-0.39, 0.29) is 36.2 Å². The number of β-lactam (4-membered cyclic amide) rings is 1. The highest BCUT2D eigenvalue weighted by Crippen LogP contribution is 2.36. The molecule has 0 saturated carbocycles. The standard InChI is InChI=1S/C40H67N7O6/c1-34(2,3)25-18-16-24(17-19-25)29(49)43-37(8,9)26(22-41)30(50)44-39(12,13)35(4,5)32(52)46-38(10,11)27(23-42)31(51)45-40(14,15)36(6,7)33(53)47-21-20-28(47)48/h16-19,26-27H,20-23,41-42H2,1-15H3,(H,43,49)(H,44,50)(H,45,51)(H,46,52). The van der Waals surface area contributed by atoms with Crippen LogP contribution in [0.15, 0.2) is 24.3 Å². The normalized spacial score (nSPS) is 15.9. The zero-order chi connectivity index (χ0) is 41.3. The third-order valence-electron chi connectivity index (χ3n) is 11.9. The Bertz CT molecular complexity index is 1570. The monoisotopic (exact) mass is 742 g/mol. The maximum Gasteiger partial charge on any atom is 0.251 e. The van der Waals surface area contributed by atoms with Gasteiger partial charge in [0.05, 0.1) is 22.7 Å². The lowest BCUT2D eigenvalue weighted by atomic mass is 9.71. The number of hydrogen-bond acceptors (Lipinski definition) is 8. The van der Waals surface area contributed by atoms with Crippen LogP contribution in [0.1, 0.15) is 126 Å². The van der Waals surface area contributed by atoms with Crippen LogP contribution in [0.3, 0.4) is 0 Å². The van der Waals surface area contributed by atoms with E-state index in [1.54, 1.807) is 95.2 Å². The topological polar surface area (TPSA) is 206 Å². The Kier molecular flexibility index (Phi) is 13.2. The number of nitrogens with two attached hydrogens (primary N) is 2. The Morgan fingerprint density at radius 2 is 1.06 bits per heavy atom. The van der Waals surface area contributed by atoms with Crippen molar-refractivity contribution in [2.45, 2.75) is 138 Å². The van der Waals surface area contributed by atoms with Gasteiger partial charge < -0.3 is 32.7 Å². The fourth-order valence-corrected chi connectivity index (χ4v) is 6.09. The minimum absolute atomic E-state index is 0.0697. The van der Waals surface area contributed by atoms with Crippen molar-refractivity contribution in [1.82, 2.24) is 26.2 Å². The van der Waals surface area contributed by atoms with E-state index >= 15 is 0 Å². The van der Waals surface area contributed by atoms with Crippen LogP contribution in [0, 0.1) is 22.7 Å². The second-order valence-electron chi connectivity index (χ2n) is 18.8. The van der Waals surface area contributed by atoms with Gasteiger partial charge in [0.25, 0.3) is 5.91 Å². The van der Waals surface area contributed by atoms with Crippen LogP contribution in [-0.4, -0.2) is 82.1 Å². The first kappa shape index (κ1) is 45.3. The van der Waals surface area contributed by atoms with Crippen molar-refractivity contribution in [2.24, 2.45) is 34.1 Å². The molecular weight excluding hydrogens is 674 g/mol. The number of benzene rings is 1. The second kappa shape index (κ2) is 15.5. The average molecular weight is 742 g/mol. The minimum Gasteiger partial charge on any atom is -0.350 e. The Morgan fingerprint density at radius 1 is 0.642 bits per heavy atom. The number of rotatable bonds is 15. The Balaban J connectivity index is 2.20. The molecule has 8 N–H and O–H groups in total. The molecule has 1 aliphatic heterocycles. The smallest absolute Gasteiger partial charge is 0.251 e. The summed E-state index contributed by atoms with van der Waals surface area (Å²) in [6, 6.07) is 7.34. The third kappa shape index (κ3) is 9.64. The maximum atomic E-state index is 14.1. The van der Waals surface area contributed by atoms with Gasteiger partial charge in [0.2, 0.25) is 29.5 Å². The molecule has 1 fully saturated rings. The third-order valence-corrected chi connectivity index (χ3v) is 11.9. The summed E-state index contributed by atoms with van der Waals surface area (Å²) in [6.07, 6.45) is 0.311. The van der Waals surface area contributed by atoms with Gasteiger partial charge in [-0.3, -0.25) is 33.7 Å². The molecule has 0 aliphatic carbocycles. The summed E-state index contributed by atoms with van der Waals surface area (Å²) in [5, 5.41) is 11.9. The van der Waals surface area contributed by atoms with E-state index in [1.165, 1.54) is 4.90 Å². The molecule has 0 radical (unpaired) electrons. The molecule has 53 heavy (non-hydrogen) atoms. The Labute approximate surface area is 316 Å². The van der Waals surface area contributed by atoms with Gasteiger partial charge in [0.15, 0.2) is 0 Å². The Morgan fingerprint density at radius 3 is 1.42 bits per heavy atom. The summed E-state index contributed by atoms with van der Waals surface area (Å²) in [4.78, 5) is 81.4. The molecule has 0 spiro atoms. The molecule has 13 heteroatoms. The first-order valence-corrected chi connectivity index (χ1v) is 18.5. The van der Waals surface area contributed by atoms with Crippen LogP contribution >= 0.6 is 0 Å².